The maximum absolute atomic E-state index is 2.86. The zero-order chi connectivity index (χ0) is 15.2. The summed E-state index contributed by atoms with van der Waals surface area (Å²) in [5.74, 6) is 0. The van der Waals surface area contributed by atoms with Crippen LogP contribution in [0, 0.1) is 0 Å². The van der Waals surface area contributed by atoms with Gasteiger partial charge in [0.2, 0.25) is 0 Å². The molecule has 0 radical (unpaired) electrons. The summed E-state index contributed by atoms with van der Waals surface area (Å²) in [5.41, 5.74) is 4.90. The van der Waals surface area contributed by atoms with E-state index >= 15 is 0 Å². The molecule has 0 bridgehead atoms. The average Bonchev–Trinajstić information content (AvgIpc) is 2.62. The second-order valence-electron chi connectivity index (χ2n) is 5.11. The van der Waals surface area contributed by atoms with Crippen LogP contribution in [0.4, 0.5) is 0 Å². The van der Waals surface area contributed by atoms with Crippen LogP contribution in [-0.4, -0.2) is 5.29 Å². The van der Waals surface area contributed by atoms with Crippen molar-refractivity contribution in [3.05, 3.63) is 114 Å². The number of allylic oxidation sites excluding steroid dienone is 1. The minimum Gasteiger partial charge on any atom is -0.0622 e. The first kappa shape index (κ1) is 14.5. The lowest BCUT2D eigenvalue weighted by Gasteiger charge is -2.08. The molecule has 0 aliphatic carbocycles. The molecule has 0 N–H and O–H groups in total. The molecule has 0 saturated heterocycles. The molecule has 0 nitrogen and oxygen atoms in total. The van der Waals surface area contributed by atoms with Gasteiger partial charge in [-0.3, -0.25) is 0 Å². The molecule has 0 heterocycles. The summed E-state index contributed by atoms with van der Waals surface area (Å²) in [7, 11) is 2.86. The Hall–Kier alpha value is -2.43. The third-order valence-corrected chi connectivity index (χ3v) is 4.08. The van der Waals surface area contributed by atoms with Gasteiger partial charge in [-0.1, -0.05) is 91.0 Å². The Bertz CT molecular complexity index is 730. The Morgan fingerprint density at radius 2 is 0.909 bits per heavy atom. The fourth-order valence-electron chi connectivity index (χ4n) is 2.44. The molecule has 0 spiro atoms. The molecular formula is C21H18P+. The Morgan fingerprint density at radius 1 is 0.545 bits per heavy atom. The van der Waals surface area contributed by atoms with Gasteiger partial charge in [-0.25, -0.2) is 0 Å². The van der Waals surface area contributed by atoms with Gasteiger partial charge in [-0.2, -0.15) is 0 Å². The monoisotopic (exact) mass is 301 g/mol. The molecule has 0 aromatic heterocycles. The van der Waals surface area contributed by atoms with Crippen molar-refractivity contribution < 1.29 is 0 Å². The number of hydrogen-bond acceptors (Lipinski definition) is 0. The molecule has 1 atom stereocenters. The SMILES string of the molecule is [PH2+]=C(C=C(c1ccccc1)c1ccccc1)c1ccccc1. The van der Waals surface area contributed by atoms with Gasteiger partial charge in [0.15, 0.2) is 0 Å². The van der Waals surface area contributed by atoms with E-state index in [0.29, 0.717) is 0 Å². The predicted molar refractivity (Wildman–Crippen MR) is 100 cm³/mol. The fraction of sp³-hybridized carbons (Fsp3) is 0. The number of rotatable bonds is 4. The highest BCUT2D eigenvalue weighted by Crippen LogP contribution is 2.24. The summed E-state index contributed by atoms with van der Waals surface area (Å²) in [4.78, 5) is 0. The van der Waals surface area contributed by atoms with Gasteiger partial charge in [0.05, 0.1) is 8.86 Å². The van der Waals surface area contributed by atoms with Gasteiger partial charge < -0.3 is 0 Å². The van der Waals surface area contributed by atoms with E-state index in [0.717, 1.165) is 0 Å². The van der Waals surface area contributed by atoms with E-state index in [-0.39, 0.29) is 0 Å². The summed E-state index contributed by atoms with van der Waals surface area (Å²) in [6.45, 7) is 0. The first-order valence-electron chi connectivity index (χ1n) is 7.35. The van der Waals surface area contributed by atoms with E-state index in [1.807, 2.05) is 6.07 Å². The first-order chi connectivity index (χ1) is 10.8. The maximum Gasteiger partial charge on any atom is 0.146 e. The summed E-state index contributed by atoms with van der Waals surface area (Å²) in [6, 6.07) is 31.5. The lowest BCUT2D eigenvalue weighted by molar-refractivity contribution is 1.55. The van der Waals surface area contributed by atoms with E-state index in [1.54, 1.807) is 0 Å². The molecule has 1 heteroatoms. The molecule has 3 aromatic carbocycles. The maximum atomic E-state index is 2.86. The molecule has 0 aliphatic rings. The average molecular weight is 301 g/mol. The third kappa shape index (κ3) is 3.42. The molecule has 0 amide bonds. The van der Waals surface area contributed by atoms with Crippen LogP contribution in [0.2, 0.25) is 0 Å². The van der Waals surface area contributed by atoms with E-state index in [9.17, 15) is 0 Å². The van der Waals surface area contributed by atoms with Crippen molar-refractivity contribution in [2.45, 2.75) is 0 Å². The lowest BCUT2D eigenvalue weighted by Crippen LogP contribution is -1.96. The number of benzene rings is 3. The van der Waals surface area contributed by atoms with E-state index in [1.165, 1.54) is 27.6 Å². The van der Waals surface area contributed by atoms with Crippen molar-refractivity contribution in [2.24, 2.45) is 0 Å². The van der Waals surface area contributed by atoms with Crippen molar-refractivity contribution in [2.75, 3.05) is 0 Å². The predicted octanol–water partition coefficient (Wildman–Crippen LogP) is 5.21. The van der Waals surface area contributed by atoms with Gasteiger partial charge in [-0.05, 0) is 22.8 Å². The van der Waals surface area contributed by atoms with Crippen molar-refractivity contribution in [3.8, 4) is 0 Å². The van der Waals surface area contributed by atoms with Crippen LogP contribution >= 0.6 is 8.86 Å². The highest BCUT2D eigenvalue weighted by atomic mass is 31.0. The van der Waals surface area contributed by atoms with E-state index in [2.05, 4.69) is 99.9 Å². The van der Waals surface area contributed by atoms with Gasteiger partial charge in [-0.15, -0.1) is 0 Å². The largest absolute Gasteiger partial charge is 0.146 e. The first-order valence-corrected chi connectivity index (χ1v) is 7.93. The zero-order valence-electron chi connectivity index (χ0n) is 12.3. The summed E-state index contributed by atoms with van der Waals surface area (Å²) in [5, 5.41) is 1.18. The van der Waals surface area contributed by atoms with Crippen LogP contribution in [0.1, 0.15) is 16.7 Å². The quantitative estimate of drug-likeness (QED) is 0.580. The summed E-state index contributed by atoms with van der Waals surface area (Å²) >= 11 is 0. The Balaban J connectivity index is 2.06. The minimum absolute atomic E-state index is 1.18. The van der Waals surface area contributed by atoms with Crippen molar-refractivity contribution in [1.82, 2.24) is 0 Å². The topological polar surface area (TPSA) is 0 Å². The fourth-order valence-corrected chi connectivity index (χ4v) is 2.80. The third-order valence-electron chi connectivity index (χ3n) is 3.58. The Morgan fingerprint density at radius 3 is 1.32 bits per heavy atom. The Kier molecular flexibility index (Phi) is 4.63. The molecule has 0 saturated carbocycles. The second kappa shape index (κ2) is 7.02. The molecule has 1 unspecified atom stereocenters. The van der Waals surface area contributed by atoms with Gasteiger partial charge in [0.25, 0.3) is 0 Å². The lowest BCUT2D eigenvalue weighted by atomic mass is 9.96. The van der Waals surface area contributed by atoms with Crippen LogP contribution in [0.15, 0.2) is 97.1 Å². The molecule has 0 aliphatic heterocycles. The van der Waals surface area contributed by atoms with Crippen LogP contribution in [0.25, 0.3) is 5.57 Å². The normalized spacial score (nSPS) is 10.0. The summed E-state index contributed by atoms with van der Waals surface area (Å²) < 4.78 is 0. The standard InChI is InChI=1S/C21H17P/c22-21(19-14-8-3-9-15-19)16-20(17-10-4-1-5-11-17)18-12-6-2-7-13-18/h1-16,22H/p+1. The second-order valence-corrected chi connectivity index (χ2v) is 5.73. The molecule has 106 valence electrons. The van der Waals surface area contributed by atoms with Crippen molar-refractivity contribution >= 4 is 19.7 Å². The highest BCUT2D eigenvalue weighted by molar-refractivity contribution is 7.23. The van der Waals surface area contributed by atoms with Crippen molar-refractivity contribution in [1.29, 1.82) is 0 Å². The molecule has 3 rings (SSSR count). The van der Waals surface area contributed by atoms with Crippen molar-refractivity contribution in [3.63, 3.8) is 0 Å². The molecular weight excluding hydrogens is 283 g/mol. The van der Waals surface area contributed by atoms with Gasteiger partial charge in [0, 0.05) is 5.56 Å². The molecule has 0 fully saturated rings. The van der Waals surface area contributed by atoms with Crippen LogP contribution in [0.3, 0.4) is 0 Å². The van der Waals surface area contributed by atoms with Crippen LogP contribution < -0.4 is 0 Å². The van der Waals surface area contributed by atoms with Crippen LogP contribution in [0.5, 0.6) is 0 Å². The molecule has 22 heavy (non-hydrogen) atoms. The van der Waals surface area contributed by atoms with Gasteiger partial charge >= 0.3 is 0 Å². The smallest absolute Gasteiger partial charge is 0.0622 e. The highest BCUT2D eigenvalue weighted by Gasteiger charge is 2.08. The van der Waals surface area contributed by atoms with E-state index < -0.39 is 0 Å². The zero-order valence-corrected chi connectivity index (χ0v) is 13.5. The van der Waals surface area contributed by atoms with Crippen LogP contribution in [-0.2, 0) is 0 Å². The number of hydrogen-bond donors (Lipinski definition) is 0. The minimum atomic E-state index is 1.18. The molecule has 3 aromatic rings. The Labute approximate surface area is 134 Å². The van der Waals surface area contributed by atoms with Gasteiger partial charge in [0.1, 0.15) is 5.29 Å². The summed E-state index contributed by atoms with van der Waals surface area (Å²) in [6.07, 6.45) is 2.24. The van der Waals surface area contributed by atoms with E-state index in [4.69, 9.17) is 0 Å².